The molecule has 1 aliphatic heterocycles. The Morgan fingerprint density at radius 2 is 2.29 bits per heavy atom. The van der Waals surface area contributed by atoms with Gasteiger partial charge in [-0.15, -0.1) is 0 Å². The summed E-state index contributed by atoms with van der Waals surface area (Å²) >= 11 is 0. The van der Waals surface area contributed by atoms with Gasteiger partial charge in [-0.2, -0.15) is 0 Å². The molecule has 0 N–H and O–H groups in total. The molecule has 1 nitrogen and oxygen atoms in total. The fraction of sp³-hybridized carbons (Fsp3) is 0.538. The maximum atomic E-state index is 4.06. The molecule has 0 aromatic heterocycles. The van der Waals surface area contributed by atoms with Crippen LogP contribution in [0.4, 0.5) is 0 Å². The van der Waals surface area contributed by atoms with Gasteiger partial charge in [0.2, 0.25) is 0 Å². The van der Waals surface area contributed by atoms with E-state index < -0.39 is 0 Å². The highest BCUT2D eigenvalue weighted by Crippen LogP contribution is 2.17. The Morgan fingerprint density at radius 1 is 1.50 bits per heavy atom. The lowest BCUT2D eigenvalue weighted by molar-refractivity contribution is 0.294. The second kappa shape index (κ2) is 5.82. The van der Waals surface area contributed by atoms with Crippen molar-refractivity contribution in [3.8, 4) is 0 Å². The number of hydrogen-bond donors (Lipinski definition) is 0. The van der Waals surface area contributed by atoms with Gasteiger partial charge in [-0.3, -0.25) is 4.90 Å². The molecule has 1 unspecified atom stereocenters. The van der Waals surface area contributed by atoms with Crippen molar-refractivity contribution in [1.82, 2.24) is 4.90 Å². The summed E-state index contributed by atoms with van der Waals surface area (Å²) in [5.41, 5.74) is 1.21. The highest BCUT2D eigenvalue weighted by Gasteiger charge is 2.19. The van der Waals surface area contributed by atoms with Gasteiger partial charge in [-0.1, -0.05) is 30.9 Å². The molecule has 0 aromatic rings. The molecule has 1 atom stereocenters. The Morgan fingerprint density at radius 3 is 2.86 bits per heavy atom. The SMILES string of the molecule is C=C(/C=C\C=C/C)CN1CCCC1C. The lowest BCUT2D eigenvalue weighted by Crippen LogP contribution is -2.28. The molecule has 1 heteroatoms. The van der Waals surface area contributed by atoms with Crippen LogP contribution in [0.3, 0.4) is 0 Å². The van der Waals surface area contributed by atoms with Crippen LogP contribution in [-0.2, 0) is 0 Å². The smallest absolute Gasteiger partial charge is 0.0230 e. The summed E-state index contributed by atoms with van der Waals surface area (Å²) in [5.74, 6) is 0. The molecule has 1 saturated heterocycles. The maximum absolute atomic E-state index is 4.06. The summed E-state index contributed by atoms with van der Waals surface area (Å²) in [6.45, 7) is 10.6. The first-order chi connectivity index (χ1) is 6.74. The molecular formula is C13H21N. The molecule has 0 aromatic carbocycles. The van der Waals surface area contributed by atoms with Crippen molar-refractivity contribution >= 4 is 0 Å². The third-order valence-electron chi connectivity index (χ3n) is 2.73. The molecular weight excluding hydrogens is 170 g/mol. The van der Waals surface area contributed by atoms with Crippen molar-refractivity contribution in [1.29, 1.82) is 0 Å². The van der Waals surface area contributed by atoms with Crippen LogP contribution in [0.25, 0.3) is 0 Å². The second-order valence-corrected chi connectivity index (χ2v) is 4.00. The van der Waals surface area contributed by atoms with Crippen molar-refractivity contribution in [2.75, 3.05) is 13.1 Å². The van der Waals surface area contributed by atoms with E-state index in [0.29, 0.717) is 0 Å². The van der Waals surface area contributed by atoms with Gasteiger partial charge in [-0.05, 0) is 38.8 Å². The predicted molar refractivity (Wildman–Crippen MR) is 63.4 cm³/mol. The first-order valence-corrected chi connectivity index (χ1v) is 5.45. The van der Waals surface area contributed by atoms with Gasteiger partial charge in [0.1, 0.15) is 0 Å². The van der Waals surface area contributed by atoms with E-state index in [1.807, 2.05) is 19.1 Å². The van der Waals surface area contributed by atoms with Gasteiger partial charge >= 0.3 is 0 Å². The highest BCUT2D eigenvalue weighted by molar-refractivity contribution is 5.20. The van der Waals surface area contributed by atoms with Crippen molar-refractivity contribution in [3.63, 3.8) is 0 Å². The van der Waals surface area contributed by atoms with E-state index in [9.17, 15) is 0 Å². The lowest BCUT2D eigenvalue weighted by Gasteiger charge is -2.20. The van der Waals surface area contributed by atoms with Crippen LogP contribution in [0.1, 0.15) is 26.7 Å². The van der Waals surface area contributed by atoms with Gasteiger partial charge in [0.15, 0.2) is 0 Å². The van der Waals surface area contributed by atoms with Crippen molar-refractivity contribution < 1.29 is 0 Å². The summed E-state index contributed by atoms with van der Waals surface area (Å²) in [5, 5.41) is 0. The Labute approximate surface area is 87.8 Å². The summed E-state index contributed by atoms with van der Waals surface area (Å²) in [6.07, 6.45) is 10.9. The zero-order valence-electron chi connectivity index (χ0n) is 9.37. The number of nitrogens with zero attached hydrogens (tertiary/aromatic N) is 1. The first kappa shape index (κ1) is 11.3. The molecule has 0 saturated carbocycles. The van der Waals surface area contributed by atoms with Gasteiger partial charge in [0, 0.05) is 12.6 Å². The van der Waals surface area contributed by atoms with Crippen molar-refractivity contribution in [2.24, 2.45) is 0 Å². The van der Waals surface area contributed by atoms with Crippen LogP contribution in [0.15, 0.2) is 36.5 Å². The molecule has 0 spiro atoms. The number of allylic oxidation sites excluding steroid dienone is 3. The second-order valence-electron chi connectivity index (χ2n) is 4.00. The summed E-state index contributed by atoms with van der Waals surface area (Å²) < 4.78 is 0. The average molecular weight is 191 g/mol. The maximum Gasteiger partial charge on any atom is 0.0230 e. The molecule has 0 radical (unpaired) electrons. The molecule has 1 fully saturated rings. The van der Waals surface area contributed by atoms with Crippen molar-refractivity contribution in [2.45, 2.75) is 32.7 Å². The molecule has 1 heterocycles. The van der Waals surface area contributed by atoms with Crippen LogP contribution in [0.2, 0.25) is 0 Å². The van der Waals surface area contributed by atoms with Gasteiger partial charge in [0.25, 0.3) is 0 Å². The van der Waals surface area contributed by atoms with E-state index >= 15 is 0 Å². The van der Waals surface area contributed by atoms with Gasteiger partial charge < -0.3 is 0 Å². The number of rotatable bonds is 4. The Balaban J connectivity index is 2.33. The molecule has 1 rings (SSSR count). The van der Waals surface area contributed by atoms with E-state index in [2.05, 4.69) is 30.6 Å². The third-order valence-corrected chi connectivity index (χ3v) is 2.73. The van der Waals surface area contributed by atoms with Gasteiger partial charge in [-0.25, -0.2) is 0 Å². The molecule has 78 valence electrons. The fourth-order valence-corrected chi connectivity index (χ4v) is 1.84. The monoisotopic (exact) mass is 191 g/mol. The number of likely N-dealkylation sites (tertiary alicyclic amines) is 1. The molecule has 1 aliphatic rings. The quantitative estimate of drug-likeness (QED) is 0.617. The topological polar surface area (TPSA) is 3.24 Å². The largest absolute Gasteiger partial charge is 0.296 e. The van der Waals surface area contributed by atoms with E-state index in [1.165, 1.54) is 25.0 Å². The molecule has 0 amide bonds. The normalized spacial score (nSPS) is 24.0. The minimum atomic E-state index is 0.738. The van der Waals surface area contributed by atoms with Gasteiger partial charge in [0.05, 0.1) is 0 Å². The average Bonchev–Trinajstić information content (AvgIpc) is 2.52. The van der Waals surface area contributed by atoms with E-state index in [-0.39, 0.29) is 0 Å². The Kier molecular flexibility index (Phi) is 4.68. The van der Waals surface area contributed by atoms with Crippen LogP contribution < -0.4 is 0 Å². The van der Waals surface area contributed by atoms with Crippen LogP contribution >= 0.6 is 0 Å². The molecule has 0 aliphatic carbocycles. The summed E-state index contributed by atoms with van der Waals surface area (Å²) in [6, 6.07) is 0.738. The summed E-state index contributed by atoms with van der Waals surface area (Å²) in [4.78, 5) is 2.50. The van der Waals surface area contributed by atoms with Crippen molar-refractivity contribution in [3.05, 3.63) is 36.5 Å². The van der Waals surface area contributed by atoms with E-state index in [0.717, 1.165) is 12.6 Å². The van der Waals surface area contributed by atoms with Crippen LogP contribution in [0.5, 0.6) is 0 Å². The standard InChI is InChI=1S/C13H21N/c1-4-5-6-8-12(2)11-14-10-7-9-13(14)3/h4-6,8,13H,2,7,9-11H2,1,3H3/b5-4-,8-6-. The van der Waals surface area contributed by atoms with E-state index in [1.54, 1.807) is 0 Å². The van der Waals surface area contributed by atoms with Crippen LogP contribution in [-0.4, -0.2) is 24.0 Å². The third kappa shape index (κ3) is 3.51. The zero-order valence-corrected chi connectivity index (χ0v) is 9.37. The van der Waals surface area contributed by atoms with E-state index in [4.69, 9.17) is 0 Å². The zero-order chi connectivity index (χ0) is 10.4. The molecule has 14 heavy (non-hydrogen) atoms. The highest BCUT2D eigenvalue weighted by atomic mass is 15.2. The lowest BCUT2D eigenvalue weighted by atomic mass is 10.2. The first-order valence-electron chi connectivity index (χ1n) is 5.45. The van der Waals surface area contributed by atoms with Crippen LogP contribution in [0, 0.1) is 0 Å². The Hall–Kier alpha value is -0.820. The predicted octanol–water partition coefficient (Wildman–Crippen LogP) is 3.16. The minimum Gasteiger partial charge on any atom is -0.296 e. The minimum absolute atomic E-state index is 0.738. The molecule has 0 bridgehead atoms. The fourth-order valence-electron chi connectivity index (χ4n) is 1.84. The number of hydrogen-bond acceptors (Lipinski definition) is 1. The summed E-state index contributed by atoms with van der Waals surface area (Å²) in [7, 11) is 0. The Bertz CT molecular complexity index is 238.